The van der Waals surface area contributed by atoms with Crippen LogP contribution in [0.1, 0.15) is 5.56 Å². The summed E-state index contributed by atoms with van der Waals surface area (Å²) in [6.45, 7) is 0. The third-order valence-corrected chi connectivity index (χ3v) is 2.29. The molecule has 16 heavy (non-hydrogen) atoms. The van der Waals surface area contributed by atoms with Gasteiger partial charge >= 0.3 is 0 Å². The minimum absolute atomic E-state index is 0.217. The van der Waals surface area contributed by atoms with Crippen LogP contribution >= 0.6 is 0 Å². The van der Waals surface area contributed by atoms with Gasteiger partial charge in [0.15, 0.2) is 0 Å². The summed E-state index contributed by atoms with van der Waals surface area (Å²) in [5, 5.41) is 0. The summed E-state index contributed by atoms with van der Waals surface area (Å²) in [4.78, 5) is 21.9. The number of hydrogen-bond donors (Lipinski definition) is 2. The normalized spacial score (nSPS) is 10.1. The minimum Gasteiger partial charge on any atom is -0.497 e. The average molecular weight is 222 g/mol. The highest BCUT2D eigenvalue weighted by Crippen LogP contribution is 2.14. The van der Waals surface area contributed by atoms with E-state index in [0.29, 0.717) is 5.75 Å². The Morgan fingerprint density at radius 2 is 1.69 bits per heavy atom. The summed E-state index contributed by atoms with van der Waals surface area (Å²) in [7, 11) is 1.56. The molecule has 0 aliphatic carbocycles. The van der Waals surface area contributed by atoms with Gasteiger partial charge in [-0.2, -0.15) is 0 Å². The fraction of sp³-hybridized carbons (Fsp3) is 0.273. The maximum Gasteiger partial charge on any atom is 0.230 e. The first kappa shape index (κ1) is 12.0. The minimum atomic E-state index is -0.964. The topological polar surface area (TPSA) is 95.4 Å². The molecule has 0 fully saturated rings. The van der Waals surface area contributed by atoms with E-state index in [0.717, 1.165) is 5.56 Å². The fourth-order valence-corrected chi connectivity index (χ4v) is 1.34. The molecule has 0 saturated heterocycles. The number of hydrogen-bond acceptors (Lipinski definition) is 3. The van der Waals surface area contributed by atoms with Crippen molar-refractivity contribution >= 4 is 11.8 Å². The number of carbonyl (C=O) groups is 2. The number of primary amides is 2. The van der Waals surface area contributed by atoms with Crippen LogP contribution in [0.3, 0.4) is 0 Å². The summed E-state index contributed by atoms with van der Waals surface area (Å²) < 4.78 is 4.99. The largest absolute Gasteiger partial charge is 0.497 e. The van der Waals surface area contributed by atoms with Crippen molar-refractivity contribution in [1.82, 2.24) is 0 Å². The highest BCUT2D eigenvalue weighted by molar-refractivity contribution is 5.99. The number of carbonyl (C=O) groups excluding carboxylic acids is 2. The number of rotatable bonds is 5. The second kappa shape index (κ2) is 5.16. The number of benzene rings is 1. The van der Waals surface area contributed by atoms with E-state index in [4.69, 9.17) is 16.2 Å². The van der Waals surface area contributed by atoms with Crippen LogP contribution < -0.4 is 16.2 Å². The van der Waals surface area contributed by atoms with Crippen LogP contribution in [0.2, 0.25) is 0 Å². The molecule has 0 heterocycles. The van der Waals surface area contributed by atoms with Gasteiger partial charge in [0, 0.05) is 0 Å². The Hall–Kier alpha value is -2.04. The van der Waals surface area contributed by atoms with Crippen molar-refractivity contribution in [3.05, 3.63) is 29.8 Å². The Kier molecular flexibility index (Phi) is 3.88. The molecule has 4 N–H and O–H groups in total. The molecule has 5 nitrogen and oxygen atoms in total. The molecular formula is C11H14N2O3. The van der Waals surface area contributed by atoms with Crippen molar-refractivity contribution in [3.63, 3.8) is 0 Å². The van der Waals surface area contributed by atoms with Crippen molar-refractivity contribution in [2.45, 2.75) is 6.42 Å². The molecule has 0 radical (unpaired) electrons. The maximum atomic E-state index is 11.0. The molecular weight excluding hydrogens is 208 g/mol. The van der Waals surface area contributed by atoms with Gasteiger partial charge in [-0.15, -0.1) is 0 Å². The maximum absolute atomic E-state index is 11.0. The molecule has 0 saturated carbocycles. The van der Waals surface area contributed by atoms with Gasteiger partial charge in [-0.3, -0.25) is 9.59 Å². The number of amides is 2. The Bertz CT molecular complexity index is 373. The van der Waals surface area contributed by atoms with Gasteiger partial charge in [0.25, 0.3) is 0 Å². The third-order valence-electron chi connectivity index (χ3n) is 2.29. The smallest absolute Gasteiger partial charge is 0.230 e. The highest BCUT2D eigenvalue weighted by atomic mass is 16.5. The van der Waals surface area contributed by atoms with Crippen LogP contribution in [0.15, 0.2) is 24.3 Å². The molecule has 0 aliphatic heterocycles. The molecule has 1 rings (SSSR count). The van der Waals surface area contributed by atoms with Crippen molar-refractivity contribution in [3.8, 4) is 5.75 Å². The molecule has 1 aromatic rings. The van der Waals surface area contributed by atoms with E-state index in [2.05, 4.69) is 0 Å². The predicted molar refractivity (Wildman–Crippen MR) is 58.6 cm³/mol. The van der Waals surface area contributed by atoms with E-state index >= 15 is 0 Å². The fourth-order valence-electron chi connectivity index (χ4n) is 1.34. The average Bonchev–Trinajstić information content (AvgIpc) is 2.25. The van der Waals surface area contributed by atoms with Crippen molar-refractivity contribution in [2.75, 3.05) is 7.11 Å². The SMILES string of the molecule is COc1ccc(CC(C(N)=O)C(N)=O)cc1. The molecule has 86 valence electrons. The van der Waals surface area contributed by atoms with Crippen LogP contribution in [-0.4, -0.2) is 18.9 Å². The number of ether oxygens (including phenoxy) is 1. The van der Waals surface area contributed by atoms with Crippen molar-refractivity contribution < 1.29 is 14.3 Å². The van der Waals surface area contributed by atoms with Gasteiger partial charge in [-0.1, -0.05) is 12.1 Å². The lowest BCUT2D eigenvalue weighted by Gasteiger charge is -2.09. The highest BCUT2D eigenvalue weighted by Gasteiger charge is 2.21. The first-order valence-corrected chi connectivity index (χ1v) is 4.76. The second-order valence-corrected chi connectivity index (χ2v) is 3.41. The van der Waals surface area contributed by atoms with E-state index in [1.807, 2.05) is 0 Å². The van der Waals surface area contributed by atoms with Gasteiger partial charge in [0.1, 0.15) is 11.7 Å². The second-order valence-electron chi connectivity index (χ2n) is 3.41. The number of nitrogens with two attached hydrogens (primary N) is 2. The van der Waals surface area contributed by atoms with Crippen LogP contribution in [0.5, 0.6) is 5.75 Å². The van der Waals surface area contributed by atoms with Crippen LogP contribution in [0, 0.1) is 5.92 Å². The summed E-state index contributed by atoms with van der Waals surface area (Å²) >= 11 is 0. The molecule has 0 atom stereocenters. The predicted octanol–water partition coefficient (Wildman–Crippen LogP) is -0.175. The van der Waals surface area contributed by atoms with E-state index in [-0.39, 0.29) is 6.42 Å². The molecule has 0 unspecified atom stereocenters. The standard InChI is InChI=1S/C11H14N2O3/c1-16-8-4-2-7(3-5-8)6-9(10(12)14)11(13)15/h2-5,9H,6H2,1H3,(H2,12,14)(H2,13,15). The lowest BCUT2D eigenvalue weighted by molar-refractivity contribution is -0.131. The van der Waals surface area contributed by atoms with Gasteiger partial charge in [-0.05, 0) is 24.1 Å². The van der Waals surface area contributed by atoms with Crippen LogP contribution in [0.25, 0.3) is 0 Å². The first-order chi connectivity index (χ1) is 7.54. The lowest BCUT2D eigenvalue weighted by atomic mass is 9.98. The summed E-state index contributed by atoms with van der Waals surface area (Å²) in [5.41, 5.74) is 11.0. The summed E-state index contributed by atoms with van der Waals surface area (Å²) in [5.74, 6) is -1.67. The molecule has 2 amide bonds. The molecule has 0 aromatic heterocycles. The third kappa shape index (κ3) is 2.98. The van der Waals surface area contributed by atoms with Crippen molar-refractivity contribution in [2.24, 2.45) is 17.4 Å². The first-order valence-electron chi connectivity index (χ1n) is 4.76. The molecule has 5 heteroatoms. The zero-order valence-corrected chi connectivity index (χ0v) is 8.97. The molecule has 0 aliphatic rings. The Morgan fingerprint density at radius 1 is 1.19 bits per heavy atom. The van der Waals surface area contributed by atoms with E-state index < -0.39 is 17.7 Å². The van der Waals surface area contributed by atoms with Crippen LogP contribution in [-0.2, 0) is 16.0 Å². The Morgan fingerprint density at radius 3 is 2.06 bits per heavy atom. The molecule has 0 spiro atoms. The molecule has 0 bridgehead atoms. The van der Waals surface area contributed by atoms with Crippen LogP contribution in [0.4, 0.5) is 0 Å². The Balaban J connectivity index is 2.77. The van der Waals surface area contributed by atoms with Crippen molar-refractivity contribution in [1.29, 1.82) is 0 Å². The molecule has 1 aromatic carbocycles. The summed E-state index contributed by atoms with van der Waals surface area (Å²) in [6.07, 6.45) is 0.217. The zero-order valence-electron chi connectivity index (χ0n) is 8.97. The van der Waals surface area contributed by atoms with Gasteiger partial charge < -0.3 is 16.2 Å². The monoisotopic (exact) mass is 222 g/mol. The van der Waals surface area contributed by atoms with Gasteiger partial charge in [0.05, 0.1) is 7.11 Å². The Labute approximate surface area is 93.4 Å². The number of methoxy groups -OCH3 is 1. The summed E-state index contributed by atoms with van der Waals surface area (Å²) in [6, 6.07) is 7.01. The van der Waals surface area contributed by atoms with E-state index in [1.54, 1.807) is 31.4 Å². The van der Waals surface area contributed by atoms with Gasteiger partial charge in [0.2, 0.25) is 11.8 Å². The van der Waals surface area contributed by atoms with E-state index in [9.17, 15) is 9.59 Å². The lowest BCUT2D eigenvalue weighted by Crippen LogP contribution is -2.36. The zero-order chi connectivity index (χ0) is 12.1. The van der Waals surface area contributed by atoms with E-state index in [1.165, 1.54) is 0 Å². The quantitative estimate of drug-likeness (QED) is 0.677. The van der Waals surface area contributed by atoms with Gasteiger partial charge in [-0.25, -0.2) is 0 Å².